The van der Waals surface area contributed by atoms with E-state index in [1.165, 1.54) is 12.8 Å². The van der Waals surface area contributed by atoms with E-state index in [1.807, 2.05) is 6.92 Å². The molecule has 6 heteroatoms. The van der Waals surface area contributed by atoms with Crippen LogP contribution in [0.4, 0.5) is 0 Å². The fraction of sp³-hybridized carbons (Fsp3) is 0.857. The molecule has 5 nitrogen and oxygen atoms in total. The Morgan fingerprint density at radius 3 is 2.35 bits per heavy atom. The summed E-state index contributed by atoms with van der Waals surface area (Å²) in [6.07, 6.45) is 4.56. The van der Waals surface area contributed by atoms with Gasteiger partial charge in [0.1, 0.15) is 0 Å². The maximum Gasteiger partial charge on any atom is 0.239 e. The van der Waals surface area contributed by atoms with E-state index >= 15 is 0 Å². The van der Waals surface area contributed by atoms with Gasteiger partial charge in [0, 0.05) is 20.1 Å². The number of unbranched alkanes of at least 4 members (excludes halogenated alkanes) is 1. The summed E-state index contributed by atoms with van der Waals surface area (Å²) < 4.78 is 0. The fourth-order valence-electron chi connectivity index (χ4n) is 1.60. The van der Waals surface area contributed by atoms with Crippen molar-refractivity contribution in [2.45, 2.75) is 46.5 Å². The standard InChI is InChI=1S/C14H30N4O.HI/c1-5-9-16-13(19)11-18-14(15-4)17-10-7-6-8-12(2)3;/h12H,5-11H2,1-4H3,(H,16,19)(H2,15,17,18);1H. The molecule has 0 aromatic rings. The van der Waals surface area contributed by atoms with E-state index < -0.39 is 0 Å². The maximum absolute atomic E-state index is 11.4. The van der Waals surface area contributed by atoms with Gasteiger partial charge in [-0.1, -0.05) is 33.6 Å². The molecule has 0 atom stereocenters. The van der Waals surface area contributed by atoms with Crippen molar-refractivity contribution in [3.63, 3.8) is 0 Å². The highest BCUT2D eigenvalue weighted by Gasteiger charge is 2.02. The van der Waals surface area contributed by atoms with E-state index in [9.17, 15) is 4.79 Å². The van der Waals surface area contributed by atoms with Gasteiger partial charge in [-0.15, -0.1) is 24.0 Å². The van der Waals surface area contributed by atoms with Gasteiger partial charge < -0.3 is 16.0 Å². The van der Waals surface area contributed by atoms with Crippen molar-refractivity contribution in [2.24, 2.45) is 10.9 Å². The molecule has 0 spiro atoms. The highest BCUT2D eigenvalue weighted by molar-refractivity contribution is 14.0. The van der Waals surface area contributed by atoms with Crippen LogP contribution in [-0.2, 0) is 4.79 Å². The molecule has 0 aromatic carbocycles. The van der Waals surface area contributed by atoms with Crippen LogP contribution in [0, 0.1) is 5.92 Å². The van der Waals surface area contributed by atoms with Crippen LogP contribution < -0.4 is 16.0 Å². The van der Waals surface area contributed by atoms with Gasteiger partial charge in [-0.05, 0) is 18.8 Å². The Hall–Kier alpha value is -0.530. The number of nitrogens with one attached hydrogen (secondary N) is 3. The Kier molecular flexibility index (Phi) is 16.2. The van der Waals surface area contributed by atoms with Crippen LogP contribution in [0.2, 0.25) is 0 Å². The van der Waals surface area contributed by atoms with Crippen LogP contribution in [0.1, 0.15) is 46.5 Å². The Morgan fingerprint density at radius 1 is 1.10 bits per heavy atom. The van der Waals surface area contributed by atoms with Crippen molar-refractivity contribution in [3.8, 4) is 0 Å². The first-order valence-electron chi connectivity index (χ1n) is 7.31. The van der Waals surface area contributed by atoms with Gasteiger partial charge in [-0.2, -0.15) is 0 Å². The summed E-state index contributed by atoms with van der Waals surface area (Å²) in [5.74, 6) is 1.46. The first-order chi connectivity index (χ1) is 9.10. The molecule has 0 saturated heterocycles. The second-order valence-electron chi connectivity index (χ2n) is 5.09. The largest absolute Gasteiger partial charge is 0.356 e. The van der Waals surface area contributed by atoms with E-state index in [0.717, 1.165) is 31.8 Å². The van der Waals surface area contributed by atoms with Crippen molar-refractivity contribution >= 4 is 35.8 Å². The van der Waals surface area contributed by atoms with Gasteiger partial charge in [-0.3, -0.25) is 9.79 Å². The Bertz CT molecular complexity index is 270. The average molecular weight is 398 g/mol. The van der Waals surface area contributed by atoms with Crippen LogP contribution in [0.3, 0.4) is 0 Å². The molecule has 0 aliphatic heterocycles. The average Bonchev–Trinajstić information content (AvgIpc) is 2.39. The lowest BCUT2D eigenvalue weighted by Gasteiger charge is -2.12. The van der Waals surface area contributed by atoms with Crippen LogP contribution in [0.25, 0.3) is 0 Å². The predicted molar refractivity (Wildman–Crippen MR) is 96.8 cm³/mol. The number of halogens is 1. The second-order valence-corrected chi connectivity index (χ2v) is 5.09. The van der Waals surface area contributed by atoms with E-state index in [-0.39, 0.29) is 36.4 Å². The van der Waals surface area contributed by atoms with E-state index in [2.05, 4.69) is 34.8 Å². The summed E-state index contributed by atoms with van der Waals surface area (Å²) in [7, 11) is 1.72. The first-order valence-corrected chi connectivity index (χ1v) is 7.31. The quantitative estimate of drug-likeness (QED) is 0.241. The second kappa shape index (κ2) is 14.9. The van der Waals surface area contributed by atoms with Crippen LogP contribution in [0.15, 0.2) is 4.99 Å². The number of amides is 1. The number of carbonyl (C=O) groups excluding carboxylic acids is 1. The van der Waals surface area contributed by atoms with Crippen LogP contribution >= 0.6 is 24.0 Å². The zero-order valence-corrected chi connectivity index (χ0v) is 15.6. The minimum atomic E-state index is 0. The van der Waals surface area contributed by atoms with Crippen molar-refractivity contribution in [3.05, 3.63) is 0 Å². The molecule has 0 heterocycles. The molecule has 0 fully saturated rings. The zero-order valence-electron chi connectivity index (χ0n) is 13.3. The molecule has 3 N–H and O–H groups in total. The number of hydrogen-bond donors (Lipinski definition) is 3. The number of rotatable bonds is 9. The number of guanidine groups is 1. The molecule has 120 valence electrons. The molecule has 0 aliphatic rings. The Balaban J connectivity index is 0. The molecular weight excluding hydrogens is 367 g/mol. The molecule has 0 aromatic heterocycles. The predicted octanol–water partition coefficient (Wildman–Crippen LogP) is 2.12. The van der Waals surface area contributed by atoms with Gasteiger partial charge in [0.2, 0.25) is 5.91 Å². The molecule has 1 amide bonds. The molecule has 0 radical (unpaired) electrons. The van der Waals surface area contributed by atoms with Gasteiger partial charge in [-0.25, -0.2) is 0 Å². The van der Waals surface area contributed by atoms with Crippen molar-refractivity contribution in [1.29, 1.82) is 0 Å². The third-order valence-corrected chi connectivity index (χ3v) is 2.71. The van der Waals surface area contributed by atoms with E-state index in [1.54, 1.807) is 7.05 Å². The van der Waals surface area contributed by atoms with Gasteiger partial charge in [0.15, 0.2) is 5.96 Å². The van der Waals surface area contributed by atoms with E-state index in [4.69, 9.17) is 0 Å². The third kappa shape index (κ3) is 13.9. The summed E-state index contributed by atoms with van der Waals surface area (Å²) in [4.78, 5) is 15.5. The van der Waals surface area contributed by atoms with Gasteiger partial charge in [0.05, 0.1) is 6.54 Å². The number of carbonyl (C=O) groups is 1. The summed E-state index contributed by atoms with van der Waals surface area (Å²) in [5, 5.41) is 9.03. The van der Waals surface area contributed by atoms with Crippen molar-refractivity contribution in [2.75, 3.05) is 26.7 Å². The van der Waals surface area contributed by atoms with Crippen LogP contribution in [-0.4, -0.2) is 38.5 Å². The number of hydrogen-bond acceptors (Lipinski definition) is 2. The Labute approximate surface area is 140 Å². The first kappa shape index (κ1) is 21.8. The third-order valence-electron chi connectivity index (χ3n) is 2.71. The Morgan fingerprint density at radius 2 is 1.80 bits per heavy atom. The summed E-state index contributed by atoms with van der Waals surface area (Å²) in [6.45, 7) is 8.40. The smallest absolute Gasteiger partial charge is 0.239 e. The summed E-state index contributed by atoms with van der Waals surface area (Å²) >= 11 is 0. The summed E-state index contributed by atoms with van der Waals surface area (Å²) in [6, 6.07) is 0. The molecule has 20 heavy (non-hydrogen) atoms. The highest BCUT2D eigenvalue weighted by Crippen LogP contribution is 2.04. The van der Waals surface area contributed by atoms with Gasteiger partial charge >= 0.3 is 0 Å². The van der Waals surface area contributed by atoms with Gasteiger partial charge in [0.25, 0.3) is 0 Å². The van der Waals surface area contributed by atoms with Crippen molar-refractivity contribution in [1.82, 2.24) is 16.0 Å². The fourth-order valence-corrected chi connectivity index (χ4v) is 1.60. The molecule has 0 unspecified atom stereocenters. The molecule has 0 bridgehead atoms. The molecular formula is C14H31IN4O. The maximum atomic E-state index is 11.4. The molecule has 0 saturated carbocycles. The normalized spacial score (nSPS) is 10.9. The lowest BCUT2D eigenvalue weighted by atomic mass is 10.1. The topological polar surface area (TPSA) is 65.5 Å². The van der Waals surface area contributed by atoms with Crippen LogP contribution in [0.5, 0.6) is 0 Å². The number of aliphatic imine (C=N–C) groups is 1. The minimum absolute atomic E-state index is 0. The number of nitrogens with zero attached hydrogens (tertiary/aromatic N) is 1. The zero-order chi connectivity index (χ0) is 14.5. The lowest BCUT2D eigenvalue weighted by Crippen LogP contribution is -2.43. The summed E-state index contributed by atoms with van der Waals surface area (Å²) in [5.41, 5.74) is 0. The molecule has 0 rings (SSSR count). The monoisotopic (exact) mass is 398 g/mol. The van der Waals surface area contributed by atoms with Crippen molar-refractivity contribution < 1.29 is 4.79 Å². The lowest BCUT2D eigenvalue weighted by molar-refractivity contribution is -0.120. The molecule has 0 aliphatic carbocycles. The SMILES string of the molecule is CCCNC(=O)CNC(=NC)NCCCCC(C)C.I. The van der Waals surface area contributed by atoms with E-state index in [0.29, 0.717) is 5.96 Å². The minimum Gasteiger partial charge on any atom is -0.356 e. The highest BCUT2D eigenvalue weighted by atomic mass is 127.